The van der Waals surface area contributed by atoms with Crippen LogP contribution in [0.1, 0.15) is 43.6 Å². The first kappa shape index (κ1) is 17.4. The maximum atomic E-state index is 6.34. The van der Waals surface area contributed by atoms with E-state index in [0.29, 0.717) is 6.04 Å². The van der Waals surface area contributed by atoms with Crippen LogP contribution in [0, 0.1) is 0 Å². The van der Waals surface area contributed by atoms with Gasteiger partial charge in [0.2, 0.25) is 5.89 Å². The number of hydrogen-bond acceptors (Lipinski definition) is 5. The molecule has 1 aliphatic rings. The highest BCUT2D eigenvalue weighted by Crippen LogP contribution is 2.27. The average Bonchev–Trinajstić information content (AvgIpc) is 3.03. The number of aromatic nitrogens is 2. The molecular formula is C18H25ClN4O. The maximum absolute atomic E-state index is 6.34. The van der Waals surface area contributed by atoms with Crippen molar-refractivity contribution in [2.75, 3.05) is 26.2 Å². The summed E-state index contributed by atoms with van der Waals surface area (Å²) in [5, 5.41) is 4.87. The van der Waals surface area contributed by atoms with E-state index in [1.54, 1.807) is 0 Å². The van der Waals surface area contributed by atoms with Crippen LogP contribution in [0.25, 0.3) is 0 Å². The van der Waals surface area contributed by atoms with Crippen LogP contribution in [0.5, 0.6) is 0 Å². The van der Waals surface area contributed by atoms with Crippen LogP contribution in [0.4, 0.5) is 0 Å². The molecule has 2 aromatic rings. The first-order valence-corrected chi connectivity index (χ1v) is 9.07. The standard InChI is InChI=1S/C18H25ClN4O/c1-3-6-17-20-18(24-21-17)13-22-9-11-23(12-10-22)14(2)15-7-4-5-8-16(15)19/h4-5,7-8,14H,3,6,9-13H2,1-2H3. The molecule has 6 heteroatoms. The van der Waals surface area contributed by atoms with E-state index < -0.39 is 0 Å². The van der Waals surface area contributed by atoms with Gasteiger partial charge in [0.05, 0.1) is 6.54 Å². The summed E-state index contributed by atoms with van der Waals surface area (Å²) in [5.41, 5.74) is 1.20. The number of nitrogens with zero attached hydrogens (tertiary/aromatic N) is 4. The van der Waals surface area contributed by atoms with Crippen molar-refractivity contribution in [2.45, 2.75) is 39.3 Å². The van der Waals surface area contributed by atoms with Crippen LogP contribution in [-0.4, -0.2) is 46.1 Å². The summed E-state index contributed by atoms with van der Waals surface area (Å²) in [6, 6.07) is 8.45. The lowest BCUT2D eigenvalue weighted by molar-refractivity contribution is 0.0905. The zero-order chi connectivity index (χ0) is 16.9. The summed E-state index contributed by atoms with van der Waals surface area (Å²) in [7, 11) is 0. The monoisotopic (exact) mass is 348 g/mol. The Morgan fingerprint density at radius 2 is 1.96 bits per heavy atom. The average molecular weight is 349 g/mol. The van der Waals surface area contributed by atoms with Crippen molar-refractivity contribution in [1.29, 1.82) is 0 Å². The molecule has 1 aromatic heterocycles. The molecule has 1 fully saturated rings. The molecule has 3 rings (SSSR count). The molecule has 0 radical (unpaired) electrons. The van der Waals surface area contributed by atoms with Gasteiger partial charge in [0, 0.05) is 43.7 Å². The molecule has 1 saturated heterocycles. The van der Waals surface area contributed by atoms with Gasteiger partial charge in [-0.2, -0.15) is 4.98 Å². The Bertz CT molecular complexity index is 652. The van der Waals surface area contributed by atoms with Crippen LogP contribution in [0.2, 0.25) is 5.02 Å². The molecule has 1 atom stereocenters. The summed E-state index contributed by atoms with van der Waals surface area (Å²) in [6.45, 7) is 9.12. The molecule has 1 aliphatic heterocycles. The van der Waals surface area contributed by atoms with Gasteiger partial charge in [-0.3, -0.25) is 9.80 Å². The van der Waals surface area contributed by atoms with Crippen molar-refractivity contribution in [3.05, 3.63) is 46.6 Å². The lowest BCUT2D eigenvalue weighted by atomic mass is 10.1. The zero-order valence-electron chi connectivity index (χ0n) is 14.4. The summed E-state index contributed by atoms with van der Waals surface area (Å²) >= 11 is 6.34. The second-order valence-electron chi connectivity index (χ2n) is 6.36. The summed E-state index contributed by atoms with van der Waals surface area (Å²) in [5.74, 6) is 1.55. The normalized spacial score (nSPS) is 18.0. The molecular weight excluding hydrogens is 324 g/mol. The van der Waals surface area contributed by atoms with E-state index in [4.69, 9.17) is 16.1 Å². The molecule has 0 bridgehead atoms. The van der Waals surface area contributed by atoms with E-state index in [-0.39, 0.29) is 0 Å². The third-order valence-corrected chi connectivity index (χ3v) is 5.00. The Hall–Kier alpha value is -1.43. The molecule has 1 unspecified atom stereocenters. The van der Waals surface area contributed by atoms with Crippen molar-refractivity contribution in [3.8, 4) is 0 Å². The first-order valence-electron chi connectivity index (χ1n) is 8.69. The van der Waals surface area contributed by atoms with Gasteiger partial charge >= 0.3 is 0 Å². The Morgan fingerprint density at radius 3 is 2.67 bits per heavy atom. The van der Waals surface area contributed by atoms with Gasteiger partial charge in [0.1, 0.15) is 0 Å². The van der Waals surface area contributed by atoms with Crippen molar-refractivity contribution in [1.82, 2.24) is 19.9 Å². The fraction of sp³-hybridized carbons (Fsp3) is 0.556. The Morgan fingerprint density at radius 1 is 1.21 bits per heavy atom. The van der Waals surface area contributed by atoms with Gasteiger partial charge in [0.15, 0.2) is 5.82 Å². The van der Waals surface area contributed by atoms with E-state index in [1.165, 1.54) is 5.56 Å². The summed E-state index contributed by atoms with van der Waals surface area (Å²) in [4.78, 5) is 9.31. The SMILES string of the molecule is CCCc1noc(CN2CCN(C(C)c3ccccc3Cl)CC2)n1. The molecule has 1 aromatic carbocycles. The predicted octanol–water partition coefficient (Wildman–Crippen LogP) is 3.55. The zero-order valence-corrected chi connectivity index (χ0v) is 15.2. The van der Waals surface area contributed by atoms with Gasteiger partial charge < -0.3 is 4.52 Å². The smallest absolute Gasteiger partial charge is 0.240 e. The highest BCUT2D eigenvalue weighted by molar-refractivity contribution is 6.31. The van der Waals surface area contributed by atoms with E-state index in [2.05, 4.69) is 45.9 Å². The van der Waals surface area contributed by atoms with Crippen LogP contribution in [-0.2, 0) is 13.0 Å². The van der Waals surface area contributed by atoms with Crippen LogP contribution < -0.4 is 0 Å². The molecule has 2 heterocycles. The molecule has 24 heavy (non-hydrogen) atoms. The van der Waals surface area contributed by atoms with Gasteiger partial charge in [-0.25, -0.2) is 0 Å². The van der Waals surface area contributed by atoms with E-state index >= 15 is 0 Å². The molecule has 0 spiro atoms. The fourth-order valence-corrected chi connectivity index (χ4v) is 3.48. The number of piperazine rings is 1. The van der Waals surface area contributed by atoms with Crippen LogP contribution in [0.15, 0.2) is 28.8 Å². The van der Waals surface area contributed by atoms with Gasteiger partial charge in [-0.15, -0.1) is 0 Å². The first-order chi connectivity index (χ1) is 11.7. The Balaban J connectivity index is 1.52. The van der Waals surface area contributed by atoms with Crippen LogP contribution in [0.3, 0.4) is 0 Å². The molecule has 5 nitrogen and oxygen atoms in total. The van der Waals surface area contributed by atoms with Gasteiger partial charge in [-0.1, -0.05) is 41.9 Å². The lowest BCUT2D eigenvalue weighted by Crippen LogP contribution is -2.46. The highest BCUT2D eigenvalue weighted by atomic mass is 35.5. The van der Waals surface area contributed by atoms with Gasteiger partial charge in [0.25, 0.3) is 0 Å². The molecule has 0 aliphatic carbocycles. The predicted molar refractivity (Wildman–Crippen MR) is 95.0 cm³/mol. The topological polar surface area (TPSA) is 45.4 Å². The van der Waals surface area contributed by atoms with Crippen LogP contribution >= 0.6 is 11.6 Å². The second kappa shape index (κ2) is 8.10. The van der Waals surface area contributed by atoms with Gasteiger partial charge in [-0.05, 0) is 25.0 Å². The van der Waals surface area contributed by atoms with Crippen molar-refractivity contribution >= 4 is 11.6 Å². The highest BCUT2D eigenvalue weighted by Gasteiger charge is 2.24. The molecule has 130 valence electrons. The van der Waals surface area contributed by atoms with Crippen molar-refractivity contribution < 1.29 is 4.52 Å². The second-order valence-corrected chi connectivity index (χ2v) is 6.77. The Kier molecular flexibility index (Phi) is 5.87. The van der Waals surface area contributed by atoms with E-state index in [9.17, 15) is 0 Å². The number of aryl methyl sites for hydroxylation is 1. The minimum atomic E-state index is 0.334. The third-order valence-electron chi connectivity index (χ3n) is 4.65. The number of benzene rings is 1. The third kappa shape index (κ3) is 4.15. The summed E-state index contributed by atoms with van der Waals surface area (Å²) < 4.78 is 5.35. The number of rotatable bonds is 6. The van der Waals surface area contributed by atoms with Crippen molar-refractivity contribution in [2.24, 2.45) is 0 Å². The van der Waals surface area contributed by atoms with Crippen molar-refractivity contribution in [3.63, 3.8) is 0 Å². The molecule has 0 N–H and O–H groups in total. The minimum absolute atomic E-state index is 0.334. The number of hydrogen-bond donors (Lipinski definition) is 0. The van der Waals surface area contributed by atoms with E-state index in [0.717, 1.165) is 62.3 Å². The maximum Gasteiger partial charge on any atom is 0.240 e. The number of halogens is 1. The lowest BCUT2D eigenvalue weighted by Gasteiger charge is -2.37. The Labute approximate surface area is 148 Å². The van der Waals surface area contributed by atoms with E-state index in [1.807, 2.05) is 12.1 Å². The molecule has 0 saturated carbocycles. The summed E-state index contributed by atoms with van der Waals surface area (Å²) in [6.07, 6.45) is 1.92. The minimum Gasteiger partial charge on any atom is -0.338 e. The molecule has 0 amide bonds. The fourth-order valence-electron chi connectivity index (χ4n) is 3.19. The quantitative estimate of drug-likeness (QED) is 0.798. The largest absolute Gasteiger partial charge is 0.338 e.